The summed E-state index contributed by atoms with van der Waals surface area (Å²) in [5.74, 6) is 0. The summed E-state index contributed by atoms with van der Waals surface area (Å²) in [4.78, 5) is 1.68. The van der Waals surface area contributed by atoms with Crippen molar-refractivity contribution in [3.05, 3.63) is 21.4 Å². The average molecular weight is 259 g/mol. The second-order valence-electron chi connectivity index (χ2n) is 3.66. The zero-order chi connectivity index (χ0) is 9.10. The van der Waals surface area contributed by atoms with Gasteiger partial charge in [0.1, 0.15) is 0 Å². The third kappa shape index (κ3) is 2.16. The lowest BCUT2D eigenvalue weighted by Gasteiger charge is -2.12. The zero-order valence-electron chi connectivity index (χ0n) is 7.81. The molecule has 2 rings (SSSR count). The Hall–Kier alpha value is 0.180. The zero-order valence-corrected chi connectivity index (χ0v) is 10.2. The lowest BCUT2D eigenvalue weighted by atomic mass is 9.94. The van der Waals surface area contributed by atoms with Gasteiger partial charge in [-0.15, -0.1) is 11.3 Å². The predicted octanol–water partition coefficient (Wildman–Crippen LogP) is 3.95. The summed E-state index contributed by atoms with van der Waals surface area (Å²) in [6.45, 7) is 0. The standard InChI is InChI=1S/C11H15BrS/c12-7-3-4-9-8-13-11-6-2-1-5-10(9)11/h8H,1-7H2. The molecule has 1 aliphatic carbocycles. The van der Waals surface area contributed by atoms with Crippen molar-refractivity contribution in [3.63, 3.8) is 0 Å². The van der Waals surface area contributed by atoms with E-state index in [1.165, 1.54) is 38.5 Å². The van der Waals surface area contributed by atoms with Crippen molar-refractivity contribution in [1.29, 1.82) is 0 Å². The molecule has 1 aliphatic rings. The van der Waals surface area contributed by atoms with Gasteiger partial charge in [0.05, 0.1) is 0 Å². The van der Waals surface area contributed by atoms with Crippen molar-refractivity contribution >= 4 is 27.3 Å². The number of hydrogen-bond donors (Lipinski definition) is 0. The van der Waals surface area contributed by atoms with Crippen molar-refractivity contribution in [2.75, 3.05) is 5.33 Å². The minimum absolute atomic E-state index is 1.14. The van der Waals surface area contributed by atoms with Gasteiger partial charge in [-0.1, -0.05) is 15.9 Å². The monoisotopic (exact) mass is 258 g/mol. The molecule has 1 aromatic heterocycles. The number of thiophene rings is 1. The molecular formula is C11H15BrS. The number of aryl methyl sites for hydroxylation is 2. The van der Waals surface area contributed by atoms with Gasteiger partial charge < -0.3 is 0 Å². The highest BCUT2D eigenvalue weighted by molar-refractivity contribution is 9.09. The lowest BCUT2D eigenvalue weighted by Crippen LogP contribution is -2.01. The summed E-state index contributed by atoms with van der Waals surface area (Å²) >= 11 is 5.48. The van der Waals surface area contributed by atoms with Crippen molar-refractivity contribution in [1.82, 2.24) is 0 Å². The number of alkyl halides is 1. The van der Waals surface area contributed by atoms with E-state index in [0.717, 1.165) is 5.33 Å². The average Bonchev–Trinajstić information content (AvgIpc) is 2.58. The molecule has 0 unspecified atom stereocenters. The number of halogens is 1. The Morgan fingerprint density at radius 2 is 2.15 bits per heavy atom. The van der Waals surface area contributed by atoms with Crippen molar-refractivity contribution in [2.45, 2.75) is 38.5 Å². The quantitative estimate of drug-likeness (QED) is 0.721. The van der Waals surface area contributed by atoms with Gasteiger partial charge in [0.25, 0.3) is 0 Å². The molecule has 0 spiro atoms. The third-order valence-corrected chi connectivity index (χ3v) is 4.43. The van der Waals surface area contributed by atoms with Crippen LogP contribution in [0.2, 0.25) is 0 Å². The van der Waals surface area contributed by atoms with Crippen LogP contribution in [0.1, 0.15) is 35.3 Å². The van der Waals surface area contributed by atoms with Crippen LogP contribution in [0.25, 0.3) is 0 Å². The molecule has 0 saturated heterocycles. The highest BCUT2D eigenvalue weighted by atomic mass is 79.9. The minimum atomic E-state index is 1.14. The summed E-state index contributed by atoms with van der Waals surface area (Å²) in [7, 11) is 0. The van der Waals surface area contributed by atoms with E-state index in [-0.39, 0.29) is 0 Å². The van der Waals surface area contributed by atoms with Crippen LogP contribution in [0.5, 0.6) is 0 Å². The van der Waals surface area contributed by atoms with Gasteiger partial charge >= 0.3 is 0 Å². The van der Waals surface area contributed by atoms with E-state index in [4.69, 9.17) is 0 Å². The largest absolute Gasteiger partial charge is 0.148 e. The second-order valence-corrected chi connectivity index (χ2v) is 5.42. The van der Waals surface area contributed by atoms with Crippen LogP contribution in [0.15, 0.2) is 5.38 Å². The number of rotatable bonds is 3. The van der Waals surface area contributed by atoms with Crippen LogP contribution in [0, 0.1) is 0 Å². The van der Waals surface area contributed by atoms with Crippen molar-refractivity contribution in [3.8, 4) is 0 Å². The molecule has 0 N–H and O–H groups in total. The van der Waals surface area contributed by atoms with Crippen LogP contribution < -0.4 is 0 Å². The van der Waals surface area contributed by atoms with Crippen LogP contribution in [-0.2, 0) is 19.3 Å². The van der Waals surface area contributed by atoms with E-state index in [2.05, 4.69) is 21.3 Å². The molecule has 72 valence electrons. The summed E-state index contributed by atoms with van der Waals surface area (Å²) in [5, 5.41) is 3.52. The highest BCUT2D eigenvalue weighted by Crippen LogP contribution is 2.30. The van der Waals surface area contributed by atoms with Gasteiger partial charge in [-0.3, -0.25) is 0 Å². The first-order valence-electron chi connectivity index (χ1n) is 5.06. The van der Waals surface area contributed by atoms with E-state index in [0.29, 0.717) is 0 Å². The molecule has 1 aromatic rings. The Morgan fingerprint density at radius 1 is 1.31 bits per heavy atom. The Bertz CT molecular complexity index is 278. The molecule has 0 radical (unpaired) electrons. The molecule has 0 aromatic carbocycles. The summed E-state index contributed by atoms with van der Waals surface area (Å²) in [6.07, 6.45) is 8.06. The fourth-order valence-electron chi connectivity index (χ4n) is 2.03. The fourth-order valence-corrected chi connectivity index (χ4v) is 3.49. The Labute approximate surface area is 92.5 Å². The van der Waals surface area contributed by atoms with Gasteiger partial charge in [-0.2, -0.15) is 0 Å². The van der Waals surface area contributed by atoms with Crippen LogP contribution >= 0.6 is 27.3 Å². The van der Waals surface area contributed by atoms with Gasteiger partial charge in [-0.05, 0) is 55.0 Å². The Kier molecular flexibility index (Phi) is 3.45. The maximum absolute atomic E-state index is 3.49. The second kappa shape index (κ2) is 4.61. The topological polar surface area (TPSA) is 0 Å². The predicted molar refractivity (Wildman–Crippen MR) is 63.1 cm³/mol. The van der Waals surface area contributed by atoms with Crippen LogP contribution in [0.3, 0.4) is 0 Å². The van der Waals surface area contributed by atoms with Gasteiger partial charge in [0, 0.05) is 10.2 Å². The number of hydrogen-bond acceptors (Lipinski definition) is 1. The third-order valence-electron chi connectivity index (χ3n) is 2.73. The van der Waals surface area contributed by atoms with E-state index in [1.807, 2.05) is 11.3 Å². The maximum Gasteiger partial charge on any atom is 0.00800 e. The summed E-state index contributed by atoms with van der Waals surface area (Å²) in [6, 6.07) is 0. The first-order chi connectivity index (χ1) is 6.42. The molecule has 0 amide bonds. The maximum atomic E-state index is 3.49. The van der Waals surface area contributed by atoms with Crippen LogP contribution in [-0.4, -0.2) is 5.33 Å². The van der Waals surface area contributed by atoms with Gasteiger partial charge in [-0.25, -0.2) is 0 Å². The first-order valence-corrected chi connectivity index (χ1v) is 7.06. The van der Waals surface area contributed by atoms with Crippen molar-refractivity contribution in [2.24, 2.45) is 0 Å². The van der Waals surface area contributed by atoms with Gasteiger partial charge in [0.2, 0.25) is 0 Å². The number of fused-ring (bicyclic) bond motifs is 1. The van der Waals surface area contributed by atoms with Gasteiger partial charge in [0.15, 0.2) is 0 Å². The fraction of sp³-hybridized carbons (Fsp3) is 0.636. The molecule has 13 heavy (non-hydrogen) atoms. The molecule has 2 heteroatoms. The molecule has 0 saturated carbocycles. The normalized spacial score (nSPS) is 15.8. The van der Waals surface area contributed by atoms with E-state index in [1.54, 1.807) is 16.0 Å². The molecular weight excluding hydrogens is 244 g/mol. The first kappa shape index (κ1) is 9.72. The Morgan fingerprint density at radius 3 is 3.00 bits per heavy atom. The highest BCUT2D eigenvalue weighted by Gasteiger charge is 2.14. The molecule has 1 heterocycles. The molecule has 0 nitrogen and oxygen atoms in total. The molecule has 0 atom stereocenters. The van der Waals surface area contributed by atoms with E-state index < -0.39 is 0 Å². The smallest absolute Gasteiger partial charge is 0.00800 e. The molecule has 0 bridgehead atoms. The molecule has 0 aliphatic heterocycles. The summed E-state index contributed by atoms with van der Waals surface area (Å²) in [5.41, 5.74) is 3.34. The van der Waals surface area contributed by atoms with E-state index in [9.17, 15) is 0 Å². The lowest BCUT2D eigenvalue weighted by molar-refractivity contribution is 0.689. The van der Waals surface area contributed by atoms with Crippen molar-refractivity contribution < 1.29 is 0 Å². The summed E-state index contributed by atoms with van der Waals surface area (Å²) < 4.78 is 0. The minimum Gasteiger partial charge on any atom is -0.148 e. The molecule has 0 fully saturated rings. The Balaban J connectivity index is 2.12. The van der Waals surface area contributed by atoms with Crippen LogP contribution in [0.4, 0.5) is 0 Å². The SMILES string of the molecule is BrCCCc1csc2c1CCCC2. The van der Waals surface area contributed by atoms with E-state index >= 15 is 0 Å².